The molecule has 1 aliphatic rings. The number of esters is 1. The van der Waals surface area contributed by atoms with Gasteiger partial charge >= 0.3 is 5.97 Å². The molecule has 0 spiro atoms. The molecule has 0 amide bonds. The number of hydrogen-bond acceptors (Lipinski definition) is 4. The van der Waals surface area contributed by atoms with E-state index >= 15 is 0 Å². The van der Waals surface area contributed by atoms with Crippen molar-refractivity contribution >= 4 is 5.97 Å². The average Bonchev–Trinajstić information content (AvgIpc) is 2.27. The van der Waals surface area contributed by atoms with Crippen LogP contribution in [0.5, 0.6) is 5.75 Å². The molecule has 1 aliphatic heterocycles. The Morgan fingerprint density at radius 1 is 1.62 bits per heavy atom. The van der Waals surface area contributed by atoms with Gasteiger partial charge in [-0.1, -0.05) is 0 Å². The molecule has 1 atom stereocenters. The Labute approximate surface area is 92.1 Å². The van der Waals surface area contributed by atoms with Crippen molar-refractivity contribution in [1.82, 2.24) is 0 Å². The summed E-state index contributed by atoms with van der Waals surface area (Å²) in [6.45, 7) is 0.266. The van der Waals surface area contributed by atoms with Crippen LogP contribution in [0, 0.1) is 5.82 Å². The van der Waals surface area contributed by atoms with E-state index in [0.29, 0.717) is 17.7 Å². The predicted molar refractivity (Wildman–Crippen MR) is 54.4 cm³/mol. The van der Waals surface area contributed by atoms with E-state index in [1.165, 1.54) is 25.3 Å². The van der Waals surface area contributed by atoms with Crippen LogP contribution in [0.25, 0.3) is 0 Å². The van der Waals surface area contributed by atoms with E-state index in [4.69, 9.17) is 10.5 Å². The highest BCUT2D eigenvalue weighted by atomic mass is 19.1. The Kier molecular flexibility index (Phi) is 2.55. The molecule has 0 aromatic heterocycles. The van der Waals surface area contributed by atoms with Gasteiger partial charge in [-0.05, 0) is 12.1 Å². The van der Waals surface area contributed by atoms with E-state index < -0.39 is 17.3 Å². The Hall–Kier alpha value is -1.62. The molecular weight excluding hydrogens is 213 g/mol. The van der Waals surface area contributed by atoms with Gasteiger partial charge in [-0.2, -0.15) is 0 Å². The van der Waals surface area contributed by atoms with Crippen LogP contribution >= 0.6 is 0 Å². The van der Waals surface area contributed by atoms with E-state index in [0.717, 1.165) is 0 Å². The maximum atomic E-state index is 13.0. The lowest BCUT2D eigenvalue weighted by molar-refractivity contribution is -0.148. The number of ether oxygens (including phenoxy) is 2. The van der Waals surface area contributed by atoms with Gasteiger partial charge in [0.05, 0.1) is 13.7 Å². The molecule has 1 heterocycles. The van der Waals surface area contributed by atoms with Crippen LogP contribution < -0.4 is 10.5 Å². The normalized spacial score (nSPS) is 23.2. The lowest BCUT2D eigenvalue weighted by atomic mass is 9.85. The first-order valence-electron chi connectivity index (χ1n) is 4.88. The van der Waals surface area contributed by atoms with Gasteiger partial charge in [-0.3, -0.25) is 0 Å². The van der Waals surface area contributed by atoms with Crippen molar-refractivity contribution in [2.45, 2.75) is 12.0 Å². The summed E-state index contributed by atoms with van der Waals surface area (Å²) in [6.07, 6.45) is 0.318. The van der Waals surface area contributed by atoms with E-state index in [-0.39, 0.29) is 6.61 Å². The van der Waals surface area contributed by atoms with Crippen molar-refractivity contribution in [3.05, 3.63) is 29.6 Å². The Morgan fingerprint density at radius 3 is 3.06 bits per heavy atom. The number of hydrogen-bond donors (Lipinski definition) is 1. The molecule has 0 bridgehead atoms. The van der Waals surface area contributed by atoms with E-state index in [2.05, 4.69) is 4.74 Å². The lowest BCUT2D eigenvalue weighted by Crippen LogP contribution is -2.49. The van der Waals surface area contributed by atoms with Crippen molar-refractivity contribution in [1.29, 1.82) is 0 Å². The molecule has 16 heavy (non-hydrogen) atoms. The second-order valence-corrected chi connectivity index (χ2v) is 3.70. The first-order chi connectivity index (χ1) is 7.58. The maximum absolute atomic E-state index is 13.0. The molecule has 0 saturated heterocycles. The van der Waals surface area contributed by atoms with Crippen LogP contribution in [0.1, 0.15) is 12.0 Å². The van der Waals surface area contributed by atoms with Crippen LogP contribution in [0.4, 0.5) is 4.39 Å². The number of rotatable bonds is 1. The molecule has 1 aromatic carbocycles. The van der Waals surface area contributed by atoms with Gasteiger partial charge in [0.25, 0.3) is 0 Å². The molecule has 1 aromatic rings. The summed E-state index contributed by atoms with van der Waals surface area (Å²) in [5.41, 5.74) is 5.22. The number of fused-ring (bicyclic) bond motifs is 1. The Bertz CT molecular complexity index is 435. The molecule has 0 aliphatic carbocycles. The van der Waals surface area contributed by atoms with Gasteiger partial charge in [-0.15, -0.1) is 0 Å². The molecule has 1 unspecified atom stereocenters. The minimum absolute atomic E-state index is 0.266. The monoisotopic (exact) mass is 225 g/mol. The minimum atomic E-state index is -1.24. The number of benzene rings is 1. The highest BCUT2D eigenvalue weighted by Crippen LogP contribution is 2.36. The highest BCUT2D eigenvalue weighted by molar-refractivity contribution is 5.83. The number of nitrogens with two attached hydrogens (primary N) is 1. The quantitative estimate of drug-likeness (QED) is 0.722. The van der Waals surface area contributed by atoms with Crippen molar-refractivity contribution in [3.63, 3.8) is 0 Å². The first-order valence-corrected chi connectivity index (χ1v) is 4.88. The molecule has 0 fully saturated rings. The standard InChI is InChI=1S/C11H12FNO3/c1-15-10(14)11(13)4-5-16-9-6-7(12)2-3-8(9)11/h2-3,6H,4-5,13H2,1H3. The summed E-state index contributed by atoms with van der Waals surface area (Å²) in [6, 6.07) is 3.93. The van der Waals surface area contributed by atoms with Crippen LogP contribution in [-0.2, 0) is 15.1 Å². The van der Waals surface area contributed by atoms with Gasteiger partial charge < -0.3 is 15.2 Å². The number of carbonyl (C=O) groups excluding carboxylic acids is 1. The molecule has 4 nitrogen and oxygen atoms in total. The maximum Gasteiger partial charge on any atom is 0.330 e. The van der Waals surface area contributed by atoms with E-state index in [9.17, 15) is 9.18 Å². The van der Waals surface area contributed by atoms with Crippen LogP contribution in [0.15, 0.2) is 18.2 Å². The zero-order valence-electron chi connectivity index (χ0n) is 8.83. The molecule has 86 valence electrons. The molecule has 0 saturated carbocycles. The topological polar surface area (TPSA) is 61.5 Å². The summed E-state index contributed by atoms with van der Waals surface area (Å²) >= 11 is 0. The van der Waals surface area contributed by atoms with Gasteiger partial charge in [0, 0.05) is 18.1 Å². The molecule has 2 rings (SSSR count). The van der Waals surface area contributed by atoms with E-state index in [1.54, 1.807) is 0 Å². The fraction of sp³-hybridized carbons (Fsp3) is 0.364. The summed E-state index contributed by atoms with van der Waals surface area (Å²) in [5.74, 6) is -0.657. The van der Waals surface area contributed by atoms with Gasteiger partial charge in [0.2, 0.25) is 0 Å². The highest BCUT2D eigenvalue weighted by Gasteiger charge is 2.42. The third kappa shape index (κ3) is 1.53. The third-order valence-electron chi connectivity index (χ3n) is 2.73. The van der Waals surface area contributed by atoms with Crippen molar-refractivity contribution in [3.8, 4) is 5.75 Å². The zero-order chi connectivity index (χ0) is 11.8. The second kappa shape index (κ2) is 3.75. The van der Waals surface area contributed by atoms with Crippen molar-refractivity contribution in [2.24, 2.45) is 5.73 Å². The molecule has 5 heteroatoms. The smallest absolute Gasteiger partial charge is 0.330 e. The van der Waals surface area contributed by atoms with Crippen LogP contribution in [0.2, 0.25) is 0 Å². The summed E-state index contributed by atoms with van der Waals surface area (Å²) in [5, 5.41) is 0. The number of carbonyl (C=O) groups is 1. The summed E-state index contributed by atoms with van der Waals surface area (Å²) in [4.78, 5) is 11.6. The minimum Gasteiger partial charge on any atom is -0.493 e. The predicted octanol–water partition coefficient (Wildman–Crippen LogP) is 0.935. The van der Waals surface area contributed by atoms with Gasteiger partial charge in [0.1, 0.15) is 17.1 Å². The van der Waals surface area contributed by atoms with Crippen molar-refractivity contribution < 1.29 is 18.7 Å². The fourth-order valence-electron chi connectivity index (χ4n) is 1.83. The summed E-state index contributed by atoms with van der Waals surface area (Å²) in [7, 11) is 1.27. The third-order valence-corrected chi connectivity index (χ3v) is 2.73. The summed E-state index contributed by atoms with van der Waals surface area (Å²) < 4.78 is 22.9. The largest absolute Gasteiger partial charge is 0.493 e. The molecular formula is C11H12FNO3. The Balaban J connectivity index is 2.51. The Morgan fingerprint density at radius 2 is 2.38 bits per heavy atom. The van der Waals surface area contributed by atoms with Gasteiger partial charge in [0.15, 0.2) is 0 Å². The first kappa shape index (κ1) is 10.9. The average molecular weight is 225 g/mol. The molecule has 0 radical (unpaired) electrons. The number of methoxy groups -OCH3 is 1. The SMILES string of the molecule is COC(=O)C1(N)CCOc2cc(F)ccc21. The van der Waals surface area contributed by atoms with Crippen LogP contribution in [-0.4, -0.2) is 19.7 Å². The fourth-order valence-corrected chi connectivity index (χ4v) is 1.83. The van der Waals surface area contributed by atoms with Crippen molar-refractivity contribution in [2.75, 3.05) is 13.7 Å². The molecule has 2 N–H and O–H groups in total. The van der Waals surface area contributed by atoms with Crippen LogP contribution in [0.3, 0.4) is 0 Å². The zero-order valence-corrected chi connectivity index (χ0v) is 8.83. The number of halogens is 1. The second-order valence-electron chi connectivity index (χ2n) is 3.70. The van der Waals surface area contributed by atoms with E-state index in [1.807, 2.05) is 0 Å². The lowest BCUT2D eigenvalue weighted by Gasteiger charge is -2.32. The van der Waals surface area contributed by atoms with Gasteiger partial charge in [-0.25, -0.2) is 9.18 Å².